The Bertz CT molecular complexity index is 440. The number of hydrogen-bond acceptors (Lipinski definition) is 4. The van der Waals surface area contributed by atoms with E-state index >= 15 is 0 Å². The lowest BCUT2D eigenvalue weighted by molar-refractivity contribution is -0.132. The van der Waals surface area contributed by atoms with E-state index in [1.54, 1.807) is 18.0 Å². The van der Waals surface area contributed by atoms with Gasteiger partial charge >= 0.3 is 0 Å². The Morgan fingerprint density at radius 3 is 2.60 bits per heavy atom. The Hall–Kier alpha value is -1.01. The first kappa shape index (κ1) is 15.4. The molecule has 1 fully saturated rings. The Balaban J connectivity index is 1.89. The lowest BCUT2D eigenvalue weighted by Crippen LogP contribution is -2.50. The van der Waals surface area contributed by atoms with Crippen LogP contribution in [0.4, 0.5) is 0 Å². The quantitative estimate of drug-likeness (QED) is 0.773. The third kappa shape index (κ3) is 3.55. The summed E-state index contributed by atoms with van der Waals surface area (Å²) in [6.07, 6.45) is 3.75. The lowest BCUT2D eigenvalue weighted by Gasteiger charge is -2.35. The lowest BCUT2D eigenvalue weighted by atomic mass is 10.3. The van der Waals surface area contributed by atoms with Gasteiger partial charge in [0.1, 0.15) is 0 Å². The van der Waals surface area contributed by atoms with Crippen molar-refractivity contribution in [1.29, 1.82) is 0 Å². The van der Waals surface area contributed by atoms with Gasteiger partial charge in [-0.05, 0) is 20.4 Å². The molecule has 0 spiro atoms. The molecule has 1 aliphatic rings. The van der Waals surface area contributed by atoms with Crippen LogP contribution < -0.4 is 0 Å². The van der Waals surface area contributed by atoms with Gasteiger partial charge in [0.25, 0.3) is 0 Å². The highest BCUT2D eigenvalue weighted by atomic mass is 32.2. The van der Waals surface area contributed by atoms with Gasteiger partial charge in [-0.1, -0.05) is 18.7 Å². The number of thioether (sulfide) groups is 1. The molecular formula is C14H24N4OS. The molecule has 0 aromatic carbocycles. The van der Waals surface area contributed by atoms with E-state index in [1.165, 1.54) is 0 Å². The van der Waals surface area contributed by atoms with Crippen LogP contribution in [0, 0.1) is 0 Å². The van der Waals surface area contributed by atoms with Crippen LogP contribution in [0.25, 0.3) is 0 Å². The summed E-state index contributed by atoms with van der Waals surface area (Å²) < 4.78 is 2.07. The second-order valence-corrected chi connectivity index (χ2v) is 6.32. The number of carbonyl (C=O) groups is 1. The molecule has 0 bridgehead atoms. The molecule has 5 nitrogen and oxygen atoms in total. The van der Waals surface area contributed by atoms with Gasteiger partial charge in [0.15, 0.2) is 5.16 Å². The SMILES string of the molecule is CCN1CCN(C(=O)C(C)Sc2nccn2CC)CC1. The molecule has 20 heavy (non-hydrogen) atoms. The largest absolute Gasteiger partial charge is 0.339 e. The fourth-order valence-corrected chi connectivity index (χ4v) is 3.42. The number of amides is 1. The maximum absolute atomic E-state index is 12.5. The second kappa shape index (κ2) is 7.13. The third-order valence-corrected chi connectivity index (χ3v) is 4.89. The van der Waals surface area contributed by atoms with E-state index in [2.05, 4.69) is 28.3 Å². The van der Waals surface area contributed by atoms with E-state index < -0.39 is 0 Å². The van der Waals surface area contributed by atoms with Crippen molar-refractivity contribution in [1.82, 2.24) is 19.4 Å². The Morgan fingerprint density at radius 2 is 2.00 bits per heavy atom. The van der Waals surface area contributed by atoms with Gasteiger partial charge in [-0.2, -0.15) is 0 Å². The van der Waals surface area contributed by atoms with Crippen molar-refractivity contribution in [2.75, 3.05) is 32.7 Å². The fraction of sp³-hybridized carbons (Fsp3) is 0.714. The minimum atomic E-state index is -0.0733. The van der Waals surface area contributed by atoms with Crippen LogP contribution in [-0.2, 0) is 11.3 Å². The average Bonchev–Trinajstić information content (AvgIpc) is 2.93. The van der Waals surface area contributed by atoms with Gasteiger partial charge in [-0.3, -0.25) is 4.79 Å². The first-order valence-corrected chi connectivity index (χ1v) is 8.22. The maximum atomic E-state index is 12.5. The predicted octanol–water partition coefficient (Wildman–Crippen LogP) is 1.55. The molecule has 1 aliphatic heterocycles. The van der Waals surface area contributed by atoms with Crippen LogP contribution in [0.2, 0.25) is 0 Å². The minimum Gasteiger partial charge on any atom is -0.339 e. The maximum Gasteiger partial charge on any atom is 0.235 e. The molecule has 1 atom stereocenters. The normalized spacial score (nSPS) is 18.2. The Labute approximate surface area is 125 Å². The Kier molecular flexibility index (Phi) is 5.48. The fourth-order valence-electron chi connectivity index (χ4n) is 2.40. The molecule has 1 aromatic heterocycles. The number of aryl methyl sites for hydroxylation is 1. The van der Waals surface area contributed by atoms with Crippen LogP contribution in [0.15, 0.2) is 17.6 Å². The first-order valence-electron chi connectivity index (χ1n) is 7.34. The van der Waals surface area contributed by atoms with Crippen molar-refractivity contribution in [3.63, 3.8) is 0 Å². The van der Waals surface area contributed by atoms with Crippen LogP contribution >= 0.6 is 11.8 Å². The standard InChI is InChI=1S/C14H24N4OS/c1-4-16-8-10-18(11-9-16)13(19)12(3)20-14-15-6-7-17(14)5-2/h6-7,12H,4-5,8-11H2,1-3H3. The van der Waals surface area contributed by atoms with Gasteiger partial charge in [-0.15, -0.1) is 0 Å². The Morgan fingerprint density at radius 1 is 1.30 bits per heavy atom. The molecule has 1 amide bonds. The van der Waals surface area contributed by atoms with E-state index in [0.717, 1.165) is 44.4 Å². The predicted molar refractivity (Wildman–Crippen MR) is 81.9 cm³/mol. The zero-order valence-corrected chi connectivity index (χ0v) is 13.4. The number of rotatable bonds is 5. The van der Waals surface area contributed by atoms with E-state index in [1.807, 2.05) is 18.0 Å². The van der Waals surface area contributed by atoms with Crippen LogP contribution in [0.1, 0.15) is 20.8 Å². The highest BCUT2D eigenvalue weighted by molar-refractivity contribution is 8.00. The van der Waals surface area contributed by atoms with Crippen molar-refractivity contribution in [2.45, 2.75) is 37.7 Å². The van der Waals surface area contributed by atoms with Crippen molar-refractivity contribution in [3.05, 3.63) is 12.4 Å². The molecule has 0 saturated carbocycles. The van der Waals surface area contributed by atoms with Crippen molar-refractivity contribution >= 4 is 17.7 Å². The van der Waals surface area contributed by atoms with Crippen LogP contribution in [-0.4, -0.2) is 63.2 Å². The number of likely N-dealkylation sites (N-methyl/N-ethyl adjacent to an activating group) is 1. The molecule has 1 saturated heterocycles. The molecule has 0 N–H and O–H groups in total. The molecule has 2 rings (SSSR count). The van der Waals surface area contributed by atoms with Gasteiger partial charge in [-0.25, -0.2) is 4.98 Å². The summed E-state index contributed by atoms with van der Waals surface area (Å²) in [4.78, 5) is 21.2. The molecular weight excluding hydrogens is 272 g/mol. The minimum absolute atomic E-state index is 0.0733. The van der Waals surface area contributed by atoms with E-state index in [-0.39, 0.29) is 11.2 Å². The second-order valence-electron chi connectivity index (χ2n) is 5.02. The smallest absolute Gasteiger partial charge is 0.235 e. The summed E-state index contributed by atoms with van der Waals surface area (Å²) in [5.41, 5.74) is 0. The molecule has 1 unspecified atom stereocenters. The number of aromatic nitrogens is 2. The summed E-state index contributed by atoms with van der Waals surface area (Å²) in [5.74, 6) is 0.233. The number of hydrogen-bond donors (Lipinski definition) is 0. The summed E-state index contributed by atoms with van der Waals surface area (Å²) in [7, 11) is 0. The summed E-state index contributed by atoms with van der Waals surface area (Å²) in [5, 5.41) is 0.858. The molecule has 0 aliphatic carbocycles. The summed E-state index contributed by atoms with van der Waals surface area (Å²) >= 11 is 1.56. The third-order valence-electron chi connectivity index (χ3n) is 3.78. The molecule has 0 radical (unpaired) electrons. The van der Waals surface area contributed by atoms with Crippen molar-refractivity contribution in [3.8, 4) is 0 Å². The molecule has 2 heterocycles. The van der Waals surface area contributed by atoms with Crippen LogP contribution in [0.5, 0.6) is 0 Å². The zero-order chi connectivity index (χ0) is 14.5. The zero-order valence-electron chi connectivity index (χ0n) is 12.6. The highest BCUT2D eigenvalue weighted by Gasteiger charge is 2.25. The van der Waals surface area contributed by atoms with Crippen molar-refractivity contribution < 1.29 is 4.79 Å². The number of nitrogens with zero attached hydrogens (tertiary/aromatic N) is 4. The molecule has 112 valence electrons. The topological polar surface area (TPSA) is 41.4 Å². The highest BCUT2D eigenvalue weighted by Crippen LogP contribution is 2.23. The van der Waals surface area contributed by atoms with Gasteiger partial charge in [0, 0.05) is 45.1 Å². The van der Waals surface area contributed by atoms with Gasteiger partial charge in [0.05, 0.1) is 5.25 Å². The number of imidazole rings is 1. The summed E-state index contributed by atoms with van der Waals surface area (Å²) in [6, 6.07) is 0. The number of carbonyl (C=O) groups excluding carboxylic acids is 1. The van der Waals surface area contributed by atoms with Crippen molar-refractivity contribution in [2.24, 2.45) is 0 Å². The van der Waals surface area contributed by atoms with E-state index in [0.29, 0.717) is 0 Å². The van der Waals surface area contributed by atoms with E-state index in [9.17, 15) is 4.79 Å². The average molecular weight is 296 g/mol. The molecule has 1 aromatic rings. The first-order chi connectivity index (χ1) is 9.65. The van der Waals surface area contributed by atoms with Gasteiger partial charge < -0.3 is 14.4 Å². The monoisotopic (exact) mass is 296 g/mol. The van der Waals surface area contributed by atoms with Crippen LogP contribution in [0.3, 0.4) is 0 Å². The van der Waals surface area contributed by atoms with E-state index in [4.69, 9.17) is 0 Å². The van der Waals surface area contributed by atoms with Gasteiger partial charge in [0.2, 0.25) is 5.91 Å². The summed E-state index contributed by atoms with van der Waals surface area (Å²) in [6.45, 7) is 11.9. The molecule has 6 heteroatoms. The number of piperazine rings is 1.